The minimum absolute atomic E-state index is 0.0453. The van der Waals surface area contributed by atoms with Crippen LogP contribution >= 0.6 is 11.8 Å². The number of hydrogen-bond acceptors (Lipinski definition) is 4. The summed E-state index contributed by atoms with van der Waals surface area (Å²) in [6.45, 7) is 22.2. The van der Waals surface area contributed by atoms with Crippen molar-refractivity contribution in [3.63, 3.8) is 0 Å². The van der Waals surface area contributed by atoms with Crippen molar-refractivity contribution >= 4 is 34.3 Å². The summed E-state index contributed by atoms with van der Waals surface area (Å²) in [5.41, 5.74) is 0. The number of rotatable bonds is 7. The van der Waals surface area contributed by atoms with Crippen LogP contribution in [-0.4, -0.2) is 40.6 Å². The molecule has 0 spiro atoms. The third-order valence-corrected chi connectivity index (χ3v) is 15.3. The van der Waals surface area contributed by atoms with Crippen molar-refractivity contribution in [3.05, 3.63) is 0 Å². The van der Waals surface area contributed by atoms with Crippen LogP contribution in [-0.2, 0) is 9.22 Å². The fourth-order valence-corrected chi connectivity index (χ4v) is 4.60. The average molecular weight is 378 g/mol. The summed E-state index contributed by atoms with van der Waals surface area (Å²) in [7, 11) is -3.82. The van der Waals surface area contributed by atoms with Gasteiger partial charge in [-0.05, 0) is 41.6 Å². The van der Waals surface area contributed by atoms with Crippen LogP contribution in [0.1, 0.15) is 48.0 Å². The number of thioether (sulfide) groups is 1. The first-order valence-electron chi connectivity index (χ1n) is 8.54. The van der Waals surface area contributed by atoms with E-state index in [1.54, 1.807) is 11.8 Å². The highest BCUT2D eigenvalue weighted by molar-refractivity contribution is 7.98. The largest absolute Gasteiger partial charge is 0.518 e. The van der Waals surface area contributed by atoms with Gasteiger partial charge in [0.15, 0.2) is 0 Å². The first kappa shape index (κ1) is 23.2. The van der Waals surface area contributed by atoms with E-state index in [0.717, 1.165) is 12.2 Å². The van der Waals surface area contributed by atoms with Gasteiger partial charge < -0.3 is 9.41 Å². The molecule has 1 atom stereocenters. The number of carbonyl (C=O) groups is 1. The molecule has 0 aliphatic rings. The van der Waals surface area contributed by atoms with Crippen LogP contribution in [0.4, 0.5) is 0 Å². The quantitative estimate of drug-likeness (QED) is 0.615. The molecule has 0 aromatic heterocycles. The molecule has 0 aromatic carbocycles. The van der Waals surface area contributed by atoms with Crippen LogP contribution in [0, 0.1) is 0 Å². The normalized spacial score (nSPS) is 15.4. The molecular weight excluding hydrogens is 338 g/mol. The molecule has 0 saturated carbocycles. The number of carbonyl (C=O) groups excluding carboxylic acids is 1. The van der Waals surface area contributed by atoms with Gasteiger partial charge in [0.05, 0.1) is 6.04 Å². The van der Waals surface area contributed by atoms with Gasteiger partial charge in [0.1, 0.15) is 8.24 Å². The zero-order valence-electron chi connectivity index (χ0n) is 17.2. The third kappa shape index (κ3) is 6.92. The van der Waals surface area contributed by atoms with Crippen molar-refractivity contribution in [2.45, 2.75) is 90.3 Å². The van der Waals surface area contributed by atoms with E-state index >= 15 is 0 Å². The molecule has 23 heavy (non-hydrogen) atoms. The summed E-state index contributed by atoms with van der Waals surface area (Å²) < 4.78 is 6.07. The molecule has 0 amide bonds. The Bertz CT molecular complexity index is 398. The highest BCUT2D eigenvalue weighted by atomic mass is 32.2. The lowest BCUT2D eigenvalue weighted by Crippen LogP contribution is -2.60. The molecule has 0 unspecified atom stereocenters. The number of nitrogens with one attached hydrogen (secondary N) is 1. The Morgan fingerprint density at radius 3 is 1.87 bits per heavy atom. The molecule has 0 aromatic rings. The van der Waals surface area contributed by atoms with Crippen molar-refractivity contribution in [2.75, 3.05) is 12.0 Å². The van der Waals surface area contributed by atoms with Gasteiger partial charge in [-0.3, -0.25) is 4.79 Å². The topological polar surface area (TPSA) is 38.3 Å². The Labute approximate surface area is 150 Å². The fraction of sp³-hybridized carbons (Fsp3) is 0.941. The van der Waals surface area contributed by atoms with E-state index < -0.39 is 16.6 Å². The van der Waals surface area contributed by atoms with Crippen LogP contribution in [0.3, 0.4) is 0 Å². The van der Waals surface area contributed by atoms with Gasteiger partial charge in [0, 0.05) is 0 Å². The molecule has 0 aliphatic carbocycles. The Balaban J connectivity index is 5.22. The highest BCUT2D eigenvalue weighted by Gasteiger charge is 2.43. The Morgan fingerprint density at radius 1 is 1.04 bits per heavy atom. The van der Waals surface area contributed by atoms with E-state index in [0.29, 0.717) is 0 Å². The predicted octanol–water partition coefficient (Wildman–Crippen LogP) is 5.25. The molecule has 1 N–H and O–H groups in total. The lowest BCUT2D eigenvalue weighted by Gasteiger charge is -2.41. The van der Waals surface area contributed by atoms with Gasteiger partial charge in [-0.15, -0.1) is 0 Å². The van der Waals surface area contributed by atoms with Gasteiger partial charge in [-0.25, -0.2) is 0 Å². The maximum atomic E-state index is 12.9. The second-order valence-electron chi connectivity index (χ2n) is 9.53. The van der Waals surface area contributed by atoms with Gasteiger partial charge in [-0.2, -0.15) is 11.8 Å². The minimum atomic E-state index is -2.07. The van der Waals surface area contributed by atoms with Crippen LogP contribution in [0.15, 0.2) is 0 Å². The van der Waals surface area contributed by atoms with Crippen LogP contribution < -0.4 is 4.98 Å². The fourth-order valence-electron chi connectivity index (χ4n) is 1.61. The predicted molar refractivity (Wildman–Crippen MR) is 110 cm³/mol. The second-order valence-corrected chi connectivity index (χ2v) is 20.3. The molecule has 0 rings (SSSR count). The first-order chi connectivity index (χ1) is 10.0. The van der Waals surface area contributed by atoms with Crippen LogP contribution in [0.2, 0.25) is 36.3 Å². The van der Waals surface area contributed by atoms with Gasteiger partial charge in [0.25, 0.3) is 8.32 Å². The molecular formula is C17H39NO2SSi2. The summed E-state index contributed by atoms with van der Waals surface area (Å²) in [6, 6.07) is -0.183. The van der Waals surface area contributed by atoms with Crippen molar-refractivity contribution in [3.8, 4) is 0 Å². The summed E-state index contributed by atoms with van der Waals surface area (Å²) in [5, 5.41) is 0.242. The van der Waals surface area contributed by atoms with Gasteiger partial charge >= 0.3 is 5.97 Å². The molecule has 0 heterocycles. The van der Waals surface area contributed by atoms with E-state index in [-0.39, 0.29) is 22.1 Å². The zero-order chi connectivity index (χ0) is 18.7. The zero-order valence-corrected chi connectivity index (χ0v) is 20.0. The van der Waals surface area contributed by atoms with Crippen LogP contribution in [0.25, 0.3) is 0 Å². The maximum absolute atomic E-state index is 12.9. The molecule has 0 radical (unpaired) electrons. The molecule has 6 heteroatoms. The van der Waals surface area contributed by atoms with E-state index in [1.807, 2.05) is 0 Å². The van der Waals surface area contributed by atoms with Crippen molar-refractivity contribution < 1.29 is 9.22 Å². The van der Waals surface area contributed by atoms with E-state index in [9.17, 15) is 4.79 Å². The molecule has 0 bridgehead atoms. The summed E-state index contributed by atoms with van der Waals surface area (Å²) in [5.74, 6) is 0.925. The van der Waals surface area contributed by atoms with Crippen molar-refractivity contribution in [1.82, 2.24) is 4.98 Å². The molecule has 0 aliphatic heterocycles. The Hall–Kier alpha value is 0.214. The lowest BCUT2D eigenvalue weighted by atomic mass is 10.2. The maximum Gasteiger partial charge on any atom is 0.309 e. The van der Waals surface area contributed by atoms with E-state index in [4.69, 9.17) is 4.43 Å². The molecule has 0 fully saturated rings. The number of hydrogen-bond donors (Lipinski definition) is 1. The summed E-state index contributed by atoms with van der Waals surface area (Å²) >= 11 is 1.78. The van der Waals surface area contributed by atoms with Gasteiger partial charge in [0.2, 0.25) is 0 Å². The smallest absolute Gasteiger partial charge is 0.309 e. The summed E-state index contributed by atoms with van der Waals surface area (Å²) in [4.78, 5) is 16.6. The SMILES string of the molecule is CSCC[C@H](N[Si](C)(C)C(C)(C)C)C(=O)O[Si](C)(C)C(C)(C)C. The van der Waals surface area contributed by atoms with Gasteiger partial charge in [-0.1, -0.05) is 54.6 Å². The molecule has 0 saturated heterocycles. The summed E-state index contributed by atoms with van der Waals surface area (Å²) in [6.07, 6.45) is 2.92. The third-order valence-electron chi connectivity index (χ3n) is 5.47. The standard InChI is InChI=1S/C17H39NO2SSi2/c1-16(2,3)22(8,9)18-14(12-13-21-7)15(19)20-23(10,11)17(4,5)6/h14,18H,12-13H2,1-11H3/t14-/m0/s1. The van der Waals surface area contributed by atoms with Crippen molar-refractivity contribution in [1.29, 1.82) is 0 Å². The lowest BCUT2D eigenvalue weighted by molar-refractivity contribution is -0.137. The monoisotopic (exact) mass is 377 g/mol. The first-order valence-corrected chi connectivity index (χ1v) is 15.8. The Morgan fingerprint density at radius 2 is 1.52 bits per heavy atom. The Kier molecular flexibility index (Phi) is 8.14. The van der Waals surface area contributed by atoms with Crippen molar-refractivity contribution in [2.24, 2.45) is 0 Å². The molecule has 3 nitrogen and oxygen atoms in total. The minimum Gasteiger partial charge on any atom is -0.518 e. The van der Waals surface area contributed by atoms with Crippen LogP contribution in [0.5, 0.6) is 0 Å². The average Bonchev–Trinajstić information content (AvgIpc) is 2.30. The molecule has 138 valence electrons. The highest BCUT2D eigenvalue weighted by Crippen LogP contribution is 2.37. The second kappa shape index (κ2) is 8.06. The van der Waals surface area contributed by atoms with E-state index in [2.05, 4.69) is 79.0 Å². The van der Waals surface area contributed by atoms with E-state index in [1.165, 1.54) is 0 Å².